The molecule has 0 aliphatic rings. The summed E-state index contributed by atoms with van der Waals surface area (Å²) in [4.78, 5) is 38.2. The molecule has 1 N–H and O–H groups in total. The average molecular weight is 559 g/mol. The van der Waals surface area contributed by atoms with Crippen LogP contribution in [0.3, 0.4) is 0 Å². The van der Waals surface area contributed by atoms with E-state index < -0.39 is 39.3 Å². The molecule has 13 heteroatoms. The van der Waals surface area contributed by atoms with Gasteiger partial charge in [-0.15, -0.1) is 0 Å². The van der Waals surface area contributed by atoms with Crippen LogP contribution in [-0.4, -0.2) is 54.9 Å². The second-order valence-corrected chi connectivity index (χ2v) is 11.3. The minimum atomic E-state index is -4.04. The van der Waals surface area contributed by atoms with Crippen molar-refractivity contribution in [2.75, 3.05) is 17.1 Å². The van der Waals surface area contributed by atoms with Crippen molar-refractivity contribution in [2.45, 2.75) is 46.3 Å². The van der Waals surface area contributed by atoms with Crippen molar-refractivity contribution in [3.63, 3.8) is 0 Å². The molecule has 196 valence electrons. The molecule has 1 unspecified atom stereocenters. The lowest BCUT2D eigenvalue weighted by Crippen LogP contribution is -2.52. The Morgan fingerprint density at radius 2 is 1.72 bits per heavy atom. The molecule has 0 saturated heterocycles. The van der Waals surface area contributed by atoms with Crippen molar-refractivity contribution in [3.05, 3.63) is 67.7 Å². The van der Waals surface area contributed by atoms with Crippen molar-refractivity contribution in [2.24, 2.45) is 0 Å². The van der Waals surface area contributed by atoms with Gasteiger partial charge in [0, 0.05) is 24.7 Å². The first-order chi connectivity index (χ1) is 16.6. The number of carbonyl (C=O) groups excluding carboxylic acids is 2. The number of nitrogens with one attached hydrogen (secondary N) is 1. The fraction of sp³-hybridized carbons (Fsp3) is 0.391. The Bertz CT molecular complexity index is 1270. The summed E-state index contributed by atoms with van der Waals surface area (Å²) in [6.45, 7) is 5.90. The number of non-ortho nitro benzene ring substituents is 1. The van der Waals surface area contributed by atoms with E-state index in [1.54, 1.807) is 39.0 Å². The van der Waals surface area contributed by atoms with Crippen LogP contribution in [0.15, 0.2) is 36.4 Å². The van der Waals surface area contributed by atoms with Gasteiger partial charge in [-0.25, -0.2) is 8.42 Å². The van der Waals surface area contributed by atoms with Crippen molar-refractivity contribution in [1.82, 2.24) is 10.2 Å². The summed E-state index contributed by atoms with van der Waals surface area (Å²) in [5.74, 6) is -1.13. The molecule has 0 bridgehead atoms. The number of rotatable bonds is 10. The highest BCUT2D eigenvalue weighted by Gasteiger charge is 2.31. The topological polar surface area (TPSA) is 130 Å². The van der Waals surface area contributed by atoms with E-state index in [2.05, 4.69) is 5.32 Å². The van der Waals surface area contributed by atoms with Crippen molar-refractivity contribution < 1.29 is 22.9 Å². The second-order valence-electron chi connectivity index (χ2n) is 8.61. The second kappa shape index (κ2) is 11.9. The average Bonchev–Trinajstić information content (AvgIpc) is 2.76. The first kappa shape index (κ1) is 29.3. The van der Waals surface area contributed by atoms with Gasteiger partial charge in [0.1, 0.15) is 12.6 Å². The number of aryl methyl sites for hydroxylation is 1. The summed E-state index contributed by atoms with van der Waals surface area (Å²) < 4.78 is 26.2. The molecule has 0 aliphatic carbocycles. The molecule has 10 nitrogen and oxygen atoms in total. The molecule has 0 aliphatic heterocycles. The van der Waals surface area contributed by atoms with Crippen LogP contribution in [0.4, 0.5) is 11.4 Å². The van der Waals surface area contributed by atoms with Gasteiger partial charge in [-0.2, -0.15) is 0 Å². The maximum atomic E-state index is 13.5. The van der Waals surface area contributed by atoms with Gasteiger partial charge in [-0.05, 0) is 51.0 Å². The number of benzene rings is 2. The van der Waals surface area contributed by atoms with Gasteiger partial charge in [0.25, 0.3) is 5.69 Å². The van der Waals surface area contributed by atoms with E-state index in [1.165, 1.54) is 24.0 Å². The standard InChI is InChI=1S/C23H28Cl2N4O6S/c1-14(2)26-23(31)16(4)27(12-17-7-9-19(24)20(25)10-17)22(30)13-28(36(5,34)35)21-11-18(29(32)33)8-6-15(21)3/h6-11,14,16H,12-13H2,1-5H3,(H,26,31). The molecule has 1 atom stereocenters. The van der Waals surface area contributed by atoms with Gasteiger partial charge in [-0.3, -0.25) is 24.0 Å². The molecule has 0 aromatic heterocycles. The molecule has 36 heavy (non-hydrogen) atoms. The maximum Gasteiger partial charge on any atom is 0.271 e. The molecular weight excluding hydrogens is 531 g/mol. The summed E-state index contributed by atoms with van der Waals surface area (Å²) in [6, 6.07) is 7.33. The number of anilines is 1. The fourth-order valence-electron chi connectivity index (χ4n) is 3.40. The lowest BCUT2D eigenvalue weighted by Gasteiger charge is -2.32. The Labute approximate surface area is 220 Å². The lowest BCUT2D eigenvalue weighted by molar-refractivity contribution is -0.384. The van der Waals surface area contributed by atoms with E-state index in [9.17, 15) is 28.1 Å². The summed E-state index contributed by atoms with van der Waals surface area (Å²) in [5, 5.41) is 14.6. The number of nitrogens with zero attached hydrogens (tertiary/aromatic N) is 3. The van der Waals surface area contributed by atoms with E-state index in [1.807, 2.05) is 0 Å². The number of hydrogen-bond acceptors (Lipinski definition) is 6. The highest BCUT2D eigenvalue weighted by molar-refractivity contribution is 7.92. The van der Waals surface area contributed by atoms with Crippen LogP contribution in [-0.2, 0) is 26.2 Å². The Morgan fingerprint density at radius 1 is 1.08 bits per heavy atom. The van der Waals surface area contributed by atoms with Crippen LogP contribution >= 0.6 is 23.2 Å². The van der Waals surface area contributed by atoms with Gasteiger partial charge in [-0.1, -0.05) is 35.3 Å². The minimum Gasteiger partial charge on any atom is -0.352 e. The SMILES string of the molecule is Cc1ccc([N+](=O)[O-])cc1N(CC(=O)N(Cc1ccc(Cl)c(Cl)c1)C(C)C(=O)NC(C)C)S(C)(=O)=O. The smallest absolute Gasteiger partial charge is 0.271 e. The van der Waals surface area contributed by atoms with Crippen molar-refractivity contribution >= 4 is 56.4 Å². The number of carbonyl (C=O) groups is 2. The van der Waals surface area contributed by atoms with E-state index in [0.717, 1.165) is 16.6 Å². The molecule has 0 saturated carbocycles. The third-order valence-electron chi connectivity index (χ3n) is 5.29. The largest absolute Gasteiger partial charge is 0.352 e. The van der Waals surface area contributed by atoms with Gasteiger partial charge >= 0.3 is 0 Å². The van der Waals surface area contributed by atoms with Crippen LogP contribution in [0.5, 0.6) is 0 Å². The molecule has 2 aromatic rings. The van der Waals surface area contributed by atoms with E-state index in [4.69, 9.17) is 23.2 Å². The Hall–Kier alpha value is -2.89. The predicted molar refractivity (Wildman–Crippen MR) is 140 cm³/mol. The van der Waals surface area contributed by atoms with Crippen LogP contribution < -0.4 is 9.62 Å². The monoisotopic (exact) mass is 558 g/mol. The normalized spacial score (nSPS) is 12.2. The number of nitro benzene ring substituents is 1. The van der Waals surface area contributed by atoms with Crippen molar-refractivity contribution in [1.29, 1.82) is 0 Å². The molecule has 0 spiro atoms. The molecule has 0 radical (unpaired) electrons. The number of hydrogen-bond donors (Lipinski definition) is 1. The van der Waals surface area contributed by atoms with Gasteiger partial charge in [0.2, 0.25) is 21.8 Å². The lowest BCUT2D eigenvalue weighted by atomic mass is 10.1. The van der Waals surface area contributed by atoms with Crippen LogP contribution in [0.2, 0.25) is 10.0 Å². The van der Waals surface area contributed by atoms with E-state index >= 15 is 0 Å². The molecule has 0 fully saturated rings. The van der Waals surface area contributed by atoms with Crippen LogP contribution in [0, 0.1) is 17.0 Å². The molecule has 2 aromatic carbocycles. The number of nitro groups is 1. The zero-order valence-corrected chi connectivity index (χ0v) is 22.8. The fourth-order valence-corrected chi connectivity index (χ4v) is 4.62. The van der Waals surface area contributed by atoms with E-state index in [-0.39, 0.29) is 29.0 Å². The van der Waals surface area contributed by atoms with Gasteiger partial charge in [0.05, 0.1) is 26.9 Å². The molecular formula is C23H28Cl2N4O6S. The molecule has 2 rings (SSSR count). The Balaban J connectivity index is 2.50. The number of sulfonamides is 1. The third-order valence-corrected chi connectivity index (χ3v) is 7.15. The molecule has 2 amide bonds. The minimum absolute atomic E-state index is 0.00572. The number of amides is 2. The maximum absolute atomic E-state index is 13.5. The van der Waals surface area contributed by atoms with Gasteiger partial charge < -0.3 is 10.2 Å². The summed E-state index contributed by atoms with van der Waals surface area (Å²) in [5.41, 5.74) is 0.655. The highest BCUT2D eigenvalue weighted by atomic mass is 35.5. The van der Waals surface area contributed by atoms with Gasteiger partial charge in [0.15, 0.2) is 0 Å². The van der Waals surface area contributed by atoms with Crippen LogP contribution in [0.1, 0.15) is 31.9 Å². The highest BCUT2D eigenvalue weighted by Crippen LogP contribution is 2.28. The summed E-state index contributed by atoms with van der Waals surface area (Å²) in [7, 11) is -4.04. The van der Waals surface area contributed by atoms with E-state index in [0.29, 0.717) is 16.1 Å². The van der Waals surface area contributed by atoms with Crippen molar-refractivity contribution in [3.8, 4) is 0 Å². The summed E-state index contributed by atoms with van der Waals surface area (Å²) in [6.07, 6.45) is 0.900. The zero-order valence-electron chi connectivity index (χ0n) is 20.5. The summed E-state index contributed by atoms with van der Waals surface area (Å²) >= 11 is 12.1. The number of halogens is 2. The molecule has 0 heterocycles. The third kappa shape index (κ3) is 7.55. The first-order valence-electron chi connectivity index (χ1n) is 10.9. The first-order valence-corrected chi connectivity index (χ1v) is 13.5. The Kier molecular flexibility index (Phi) is 9.70. The quantitative estimate of drug-likeness (QED) is 0.347. The zero-order chi connectivity index (χ0) is 27.4. The predicted octanol–water partition coefficient (Wildman–Crippen LogP) is 3.92. The van der Waals surface area contributed by atoms with Crippen LogP contribution in [0.25, 0.3) is 0 Å². The Morgan fingerprint density at radius 3 is 2.25 bits per heavy atom.